The highest BCUT2D eigenvalue weighted by Crippen LogP contribution is 2.24. The van der Waals surface area contributed by atoms with E-state index in [0.717, 1.165) is 25.2 Å². The van der Waals surface area contributed by atoms with Crippen molar-refractivity contribution < 1.29 is 0 Å². The molecule has 0 saturated carbocycles. The minimum Gasteiger partial charge on any atom is -0.250 e. The van der Waals surface area contributed by atoms with Crippen molar-refractivity contribution in [2.45, 2.75) is 46.6 Å². The lowest BCUT2D eigenvalue weighted by atomic mass is 9.85. The molecule has 1 aromatic rings. The van der Waals surface area contributed by atoms with Crippen molar-refractivity contribution >= 4 is 0 Å². The van der Waals surface area contributed by atoms with Crippen molar-refractivity contribution in [1.29, 1.82) is 5.26 Å². The van der Waals surface area contributed by atoms with Crippen LogP contribution in [0.2, 0.25) is 0 Å². The summed E-state index contributed by atoms with van der Waals surface area (Å²) in [6.07, 6.45) is 4.12. The van der Waals surface area contributed by atoms with Gasteiger partial charge >= 0.3 is 0 Å². The Bertz CT molecular complexity index is 350. The minimum atomic E-state index is -0.321. The van der Waals surface area contributed by atoms with E-state index in [1.54, 1.807) is 6.33 Å². The van der Waals surface area contributed by atoms with Crippen LogP contribution in [0.1, 0.15) is 39.4 Å². The number of hydrogen-bond acceptors (Lipinski definition) is 3. The summed E-state index contributed by atoms with van der Waals surface area (Å²) >= 11 is 0. The topological polar surface area (TPSA) is 54.5 Å². The Morgan fingerprint density at radius 1 is 1.53 bits per heavy atom. The molecule has 0 amide bonds. The molecule has 0 aliphatic heterocycles. The molecule has 0 saturated heterocycles. The Hall–Kier alpha value is -1.37. The van der Waals surface area contributed by atoms with Crippen LogP contribution in [0.5, 0.6) is 0 Å². The van der Waals surface area contributed by atoms with Crippen molar-refractivity contribution in [2.24, 2.45) is 5.41 Å². The molecule has 0 aliphatic rings. The molecule has 1 heterocycles. The zero-order valence-electron chi connectivity index (χ0n) is 9.69. The van der Waals surface area contributed by atoms with E-state index in [4.69, 9.17) is 5.26 Å². The quantitative estimate of drug-likeness (QED) is 0.742. The molecule has 0 spiro atoms. The Balaban J connectivity index is 2.80. The summed E-state index contributed by atoms with van der Waals surface area (Å²) in [6.45, 7) is 6.98. The third kappa shape index (κ3) is 2.79. The van der Waals surface area contributed by atoms with E-state index in [2.05, 4.69) is 23.1 Å². The molecular formula is C11H18N4. The van der Waals surface area contributed by atoms with E-state index in [0.29, 0.717) is 6.42 Å². The zero-order chi connectivity index (χ0) is 11.3. The van der Waals surface area contributed by atoms with Crippen LogP contribution in [0.25, 0.3) is 0 Å². The number of aryl methyl sites for hydroxylation is 1. The van der Waals surface area contributed by atoms with Gasteiger partial charge in [-0.05, 0) is 19.8 Å². The van der Waals surface area contributed by atoms with E-state index in [9.17, 15) is 0 Å². The Morgan fingerprint density at radius 3 is 2.80 bits per heavy atom. The van der Waals surface area contributed by atoms with Crippen molar-refractivity contribution in [1.82, 2.24) is 14.8 Å². The molecule has 1 aromatic heterocycles. The van der Waals surface area contributed by atoms with Crippen LogP contribution in [0, 0.1) is 16.7 Å². The fourth-order valence-corrected chi connectivity index (χ4v) is 1.42. The van der Waals surface area contributed by atoms with Crippen LogP contribution >= 0.6 is 0 Å². The van der Waals surface area contributed by atoms with Crippen LogP contribution in [-0.4, -0.2) is 14.8 Å². The van der Waals surface area contributed by atoms with Crippen molar-refractivity contribution in [3.63, 3.8) is 0 Å². The van der Waals surface area contributed by atoms with Gasteiger partial charge in [-0.15, -0.1) is 0 Å². The molecule has 0 aliphatic carbocycles. The second-order valence-electron chi connectivity index (χ2n) is 4.10. The summed E-state index contributed by atoms with van der Waals surface area (Å²) in [5.74, 6) is 0.919. The van der Waals surface area contributed by atoms with Crippen LogP contribution in [0.4, 0.5) is 0 Å². The molecular weight excluding hydrogens is 188 g/mol. The van der Waals surface area contributed by atoms with Gasteiger partial charge in [0.05, 0.1) is 11.5 Å². The standard InChI is InChI=1S/C11H18N4/c1-4-6-15-10(13-9-14-15)7-11(3,5-2)8-12/h9H,4-7H2,1-3H3. The van der Waals surface area contributed by atoms with E-state index in [1.165, 1.54) is 0 Å². The van der Waals surface area contributed by atoms with Gasteiger partial charge < -0.3 is 0 Å². The Morgan fingerprint density at radius 2 is 2.27 bits per heavy atom. The molecule has 82 valence electrons. The van der Waals surface area contributed by atoms with Gasteiger partial charge in [0, 0.05) is 13.0 Å². The normalized spacial score (nSPS) is 14.5. The SMILES string of the molecule is CCCn1ncnc1CC(C)(C#N)CC. The lowest BCUT2D eigenvalue weighted by Crippen LogP contribution is -2.19. The lowest BCUT2D eigenvalue weighted by Gasteiger charge is -2.18. The molecule has 0 radical (unpaired) electrons. The number of aromatic nitrogens is 3. The minimum absolute atomic E-state index is 0.321. The van der Waals surface area contributed by atoms with Gasteiger partial charge in [0.1, 0.15) is 12.2 Å². The maximum atomic E-state index is 9.10. The average Bonchev–Trinajstić information content (AvgIpc) is 2.66. The predicted molar refractivity (Wildman–Crippen MR) is 58.0 cm³/mol. The fraction of sp³-hybridized carbons (Fsp3) is 0.727. The number of nitriles is 1. The summed E-state index contributed by atoms with van der Waals surface area (Å²) < 4.78 is 1.89. The van der Waals surface area contributed by atoms with Gasteiger partial charge in [-0.2, -0.15) is 10.4 Å². The second kappa shape index (κ2) is 4.92. The molecule has 1 rings (SSSR count). The lowest BCUT2D eigenvalue weighted by molar-refractivity contribution is 0.397. The number of rotatable bonds is 5. The molecule has 1 unspecified atom stereocenters. The maximum Gasteiger partial charge on any atom is 0.138 e. The predicted octanol–water partition coefficient (Wildman–Crippen LogP) is 2.17. The van der Waals surface area contributed by atoms with Gasteiger partial charge in [0.2, 0.25) is 0 Å². The molecule has 0 fully saturated rings. The van der Waals surface area contributed by atoms with Gasteiger partial charge in [-0.3, -0.25) is 4.68 Å². The van der Waals surface area contributed by atoms with Crippen molar-refractivity contribution in [3.05, 3.63) is 12.2 Å². The fourth-order valence-electron chi connectivity index (χ4n) is 1.42. The van der Waals surface area contributed by atoms with Crippen LogP contribution in [0.15, 0.2) is 6.33 Å². The van der Waals surface area contributed by atoms with Crippen LogP contribution in [-0.2, 0) is 13.0 Å². The zero-order valence-corrected chi connectivity index (χ0v) is 9.69. The number of nitrogens with zero attached hydrogens (tertiary/aromatic N) is 4. The van der Waals surface area contributed by atoms with E-state index in [1.807, 2.05) is 18.5 Å². The summed E-state index contributed by atoms with van der Waals surface area (Å²) in [6, 6.07) is 2.35. The van der Waals surface area contributed by atoms with Gasteiger partial charge in [-0.1, -0.05) is 13.8 Å². The largest absolute Gasteiger partial charge is 0.250 e. The summed E-state index contributed by atoms with van der Waals surface area (Å²) in [5, 5.41) is 13.3. The highest BCUT2D eigenvalue weighted by Gasteiger charge is 2.24. The van der Waals surface area contributed by atoms with Crippen LogP contribution in [0.3, 0.4) is 0 Å². The second-order valence-corrected chi connectivity index (χ2v) is 4.10. The highest BCUT2D eigenvalue weighted by molar-refractivity contribution is 5.02. The Kier molecular flexibility index (Phi) is 3.84. The average molecular weight is 206 g/mol. The maximum absolute atomic E-state index is 9.10. The van der Waals surface area contributed by atoms with Crippen molar-refractivity contribution in [3.8, 4) is 6.07 Å². The summed E-state index contributed by atoms with van der Waals surface area (Å²) in [7, 11) is 0. The van der Waals surface area contributed by atoms with E-state index in [-0.39, 0.29) is 5.41 Å². The molecule has 1 atom stereocenters. The van der Waals surface area contributed by atoms with Gasteiger partial charge in [0.25, 0.3) is 0 Å². The van der Waals surface area contributed by atoms with Gasteiger partial charge in [0.15, 0.2) is 0 Å². The molecule has 15 heavy (non-hydrogen) atoms. The molecule has 0 aromatic carbocycles. The first-order chi connectivity index (χ1) is 7.15. The summed E-state index contributed by atoms with van der Waals surface area (Å²) in [5.41, 5.74) is -0.321. The van der Waals surface area contributed by atoms with Gasteiger partial charge in [-0.25, -0.2) is 4.98 Å². The Labute approximate surface area is 90.9 Å². The third-order valence-corrected chi connectivity index (χ3v) is 2.73. The van der Waals surface area contributed by atoms with Crippen molar-refractivity contribution in [2.75, 3.05) is 0 Å². The van der Waals surface area contributed by atoms with Crippen LogP contribution < -0.4 is 0 Å². The molecule has 0 N–H and O–H groups in total. The van der Waals surface area contributed by atoms with E-state index < -0.39 is 0 Å². The first kappa shape index (κ1) is 11.7. The molecule has 4 nitrogen and oxygen atoms in total. The smallest absolute Gasteiger partial charge is 0.138 e. The molecule has 0 bridgehead atoms. The first-order valence-electron chi connectivity index (χ1n) is 5.43. The third-order valence-electron chi connectivity index (χ3n) is 2.73. The molecule has 4 heteroatoms. The van der Waals surface area contributed by atoms with E-state index >= 15 is 0 Å². The number of hydrogen-bond donors (Lipinski definition) is 0. The monoisotopic (exact) mass is 206 g/mol. The first-order valence-corrected chi connectivity index (χ1v) is 5.43. The highest BCUT2D eigenvalue weighted by atomic mass is 15.3. The summed E-state index contributed by atoms with van der Waals surface area (Å²) in [4.78, 5) is 4.22.